The molecule has 3 amide bonds. The van der Waals surface area contributed by atoms with E-state index in [1.165, 1.54) is 16.4 Å². The molecule has 1 aromatic carbocycles. The number of hydrogen-bond donors (Lipinski definition) is 3. The van der Waals surface area contributed by atoms with E-state index in [0.717, 1.165) is 12.1 Å². The maximum Gasteiger partial charge on any atom is 0.274 e. The van der Waals surface area contributed by atoms with Gasteiger partial charge in [-0.3, -0.25) is 19.2 Å². The molecular weight excluding hydrogens is 438 g/mol. The summed E-state index contributed by atoms with van der Waals surface area (Å²) in [7, 11) is 0. The van der Waals surface area contributed by atoms with E-state index in [1.54, 1.807) is 6.92 Å². The highest BCUT2D eigenvalue weighted by atomic mass is 19.1. The Morgan fingerprint density at radius 2 is 1.97 bits per heavy atom. The maximum atomic E-state index is 14.0. The lowest BCUT2D eigenvalue weighted by molar-refractivity contribution is -0.119. The van der Waals surface area contributed by atoms with E-state index in [-0.39, 0.29) is 36.1 Å². The molecule has 2 aliphatic heterocycles. The van der Waals surface area contributed by atoms with Crippen molar-refractivity contribution in [3.63, 3.8) is 0 Å². The molecule has 0 aliphatic carbocycles. The molecule has 9 nitrogen and oxygen atoms in total. The monoisotopic (exact) mass is 460 g/mol. The van der Waals surface area contributed by atoms with Crippen molar-refractivity contribution in [1.29, 1.82) is 0 Å². The lowest BCUT2D eigenvalue weighted by atomic mass is 10.0. The highest BCUT2D eigenvalue weighted by Gasteiger charge is 2.45. The number of pyridine rings is 1. The van der Waals surface area contributed by atoms with Crippen molar-refractivity contribution in [3.05, 3.63) is 62.6 Å². The summed E-state index contributed by atoms with van der Waals surface area (Å²) in [6.07, 6.45) is 0.312. The summed E-state index contributed by atoms with van der Waals surface area (Å²) >= 11 is 0. The van der Waals surface area contributed by atoms with Gasteiger partial charge in [0.2, 0.25) is 11.3 Å². The largest absolute Gasteiger partial charge is 0.503 e. The minimum absolute atomic E-state index is 0.00601. The number of aromatic hydroxyl groups is 1. The van der Waals surface area contributed by atoms with Crippen LogP contribution >= 0.6 is 0 Å². The molecule has 2 atom stereocenters. The molecule has 3 N–H and O–H groups in total. The van der Waals surface area contributed by atoms with Gasteiger partial charge in [-0.15, -0.1) is 0 Å². The summed E-state index contributed by atoms with van der Waals surface area (Å²) in [4.78, 5) is 52.3. The van der Waals surface area contributed by atoms with Crippen molar-refractivity contribution in [1.82, 2.24) is 20.1 Å². The van der Waals surface area contributed by atoms with Gasteiger partial charge in [0, 0.05) is 38.2 Å². The molecule has 4 rings (SSSR count). The van der Waals surface area contributed by atoms with Gasteiger partial charge in [-0.05, 0) is 19.4 Å². The van der Waals surface area contributed by atoms with Crippen molar-refractivity contribution in [2.24, 2.45) is 0 Å². The summed E-state index contributed by atoms with van der Waals surface area (Å²) in [5, 5.41) is 15.7. The van der Waals surface area contributed by atoms with E-state index >= 15 is 0 Å². The van der Waals surface area contributed by atoms with Crippen LogP contribution in [0.15, 0.2) is 23.0 Å². The number of carbonyl (C=O) groups is 3. The molecule has 11 heteroatoms. The first-order valence-electron chi connectivity index (χ1n) is 10.4. The predicted molar refractivity (Wildman–Crippen MR) is 112 cm³/mol. The Morgan fingerprint density at radius 1 is 1.24 bits per heavy atom. The molecule has 0 unspecified atom stereocenters. The molecule has 1 aromatic heterocycles. The van der Waals surface area contributed by atoms with Crippen molar-refractivity contribution in [2.45, 2.75) is 38.9 Å². The molecule has 2 aliphatic rings. The van der Waals surface area contributed by atoms with Crippen LogP contribution in [0.5, 0.6) is 5.75 Å². The Morgan fingerprint density at radius 3 is 2.61 bits per heavy atom. The number of amides is 3. The first-order valence-corrected chi connectivity index (χ1v) is 10.4. The fourth-order valence-electron chi connectivity index (χ4n) is 4.55. The second-order valence-electron chi connectivity index (χ2n) is 8.06. The fraction of sp³-hybridized carbons (Fsp3) is 0.364. The van der Waals surface area contributed by atoms with Crippen LogP contribution in [0.3, 0.4) is 0 Å². The van der Waals surface area contributed by atoms with Gasteiger partial charge >= 0.3 is 0 Å². The minimum atomic E-state index is -1.06. The van der Waals surface area contributed by atoms with Gasteiger partial charge in [-0.25, -0.2) is 8.78 Å². The fourth-order valence-corrected chi connectivity index (χ4v) is 4.55. The third-order valence-corrected chi connectivity index (χ3v) is 5.99. The molecule has 0 saturated heterocycles. The quantitative estimate of drug-likeness (QED) is 0.622. The van der Waals surface area contributed by atoms with Crippen molar-refractivity contribution in [3.8, 4) is 5.75 Å². The Bertz CT molecular complexity index is 1240. The van der Waals surface area contributed by atoms with Crippen LogP contribution in [-0.4, -0.2) is 45.4 Å². The van der Waals surface area contributed by atoms with Crippen molar-refractivity contribution in [2.75, 3.05) is 13.1 Å². The van der Waals surface area contributed by atoms with Gasteiger partial charge in [-0.1, -0.05) is 6.07 Å². The van der Waals surface area contributed by atoms with Crippen LogP contribution in [-0.2, 0) is 11.3 Å². The molecule has 0 spiro atoms. The predicted octanol–water partition coefficient (Wildman–Crippen LogP) is 1.36. The van der Waals surface area contributed by atoms with Crippen LogP contribution in [0.25, 0.3) is 0 Å². The van der Waals surface area contributed by atoms with Crippen molar-refractivity contribution < 1.29 is 28.3 Å². The third-order valence-electron chi connectivity index (χ3n) is 5.99. The molecule has 3 heterocycles. The SMILES string of the molecule is CCN1C[C@H]2C[C@H](NC(C)=O)c3c(C(=O)NCc4ccc(F)cc4F)c(=O)c(O)c(n32)C1=O. The Balaban J connectivity index is 1.80. The molecule has 0 bridgehead atoms. The van der Waals surface area contributed by atoms with Crippen LogP contribution in [0.1, 0.15) is 64.5 Å². The lowest BCUT2D eigenvalue weighted by Crippen LogP contribution is -2.44. The average Bonchev–Trinajstić information content (AvgIpc) is 3.08. The summed E-state index contributed by atoms with van der Waals surface area (Å²) < 4.78 is 28.6. The average molecular weight is 460 g/mol. The van der Waals surface area contributed by atoms with Gasteiger partial charge in [-0.2, -0.15) is 0 Å². The zero-order valence-electron chi connectivity index (χ0n) is 17.9. The molecule has 0 radical (unpaired) electrons. The number of nitrogens with zero attached hydrogens (tertiary/aromatic N) is 2. The van der Waals surface area contributed by atoms with Crippen LogP contribution in [0.2, 0.25) is 0 Å². The molecule has 2 aromatic rings. The van der Waals surface area contributed by atoms with Crippen LogP contribution in [0, 0.1) is 11.6 Å². The number of benzene rings is 1. The third kappa shape index (κ3) is 3.73. The summed E-state index contributed by atoms with van der Waals surface area (Å²) in [6.45, 7) is 3.35. The van der Waals surface area contributed by atoms with Crippen LogP contribution in [0.4, 0.5) is 8.78 Å². The van der Waals surface area contributed by atoms with Gasteiger partial charge < -0.3 is 25.2 Å². The number of halogens is 2. The normalized spacial score (nSPS) is 18.8. The minimum Gasteiger partial charge on any atom is -0.503 e. The summed E-state index contributed by atoms with van der Waals surface area (Å²) in [6, 6.07) is 1.76. The molecule has 174 valence electrons. The van der Waals surface area contributed by atoms with E-state index in [2.05, 4.69) is 10.6 Å². The number of nitrogens with one attached hydrogen (secondary N) is 2. The molecular formula is C22H22F2N4O5. The second-order valence-corrected chi connectivity index (χ2v) is 8.06. The van der Waals surface area contributed by atoms with Gasteiger partial charge in [0.1, 0.15) is 17.2 Å². The zero-order valence-corrected chi connectivity index (χ0v) is 17.9. The number of hydrogen-bond acceptors (Lipinski definition) is 5. The van der Waals surface area contributed by atoms with Crippen LogP contribution < -0.4 is 16.1 Å². The van der Waals surface area contributed by atoms with E-state index in [4.69, 9.17) is 0 Å². The number of aromatic nitrogens is 1. The molecule has 0 fully saturated rings. The van der Waals surface area contributed by atoms with Gasteiger partial charge in [0.25, 0.3) is 11.8 Å². The Kier molecular flexibility index (Phi) is 5.64. The Labute approximate surface area is 187 Å². The topological polar surface area (TPSA) is 121 Å². The van der Waals surface area contributed by atoms with E-state index < -0.39 is 52.1 Å². The van der Waals surface area contributed by atoms with E-state index in [0.29, 0.717) is 19.0 Å². The Hall–Kier alpha value is -3.76. The lowest BCUT2D eigenvalue weighted by Gasteiger charge is -2.33. The van der Waals surface area contributed by atoms with Crippen molar-refractivity contribution >= 4 is 17.7 Å². The van der Waals surface area contributed by atoms with E-state index in [1.807, 2.05) is 0 Å². The highest BCUT2D eigenvalue weighted by Crippen LogP contribution is 2.42. The molecule has 33 heavy (non-hydrogen) atoms. The number of carbonyl (C=O) groups excluding carboxylic acids is 3. The standard InChI is InChI=1S/C22H22F2N4O5/c1-3-27-9-13-7-15(26-10(2)29)17-16(19(30)20(31)18(22(27)33)28(13)17)21(32)25-8-11-4-5-12(23)6-14(11)24/h4-6,13,15,31H,3,7-9H2,1-2H3,(H,25,32)(H,26,29)/t13-,15+/m1/s1. The summed E-state index contributed by atoms with van der Waals surface area (Å²) in [5.74, 6) is -4.35. The maximum absolute atomic E-state index is 14.0. The summed E-state index contributed by atoms with van der Waals surface area (Å²) in [5.41, 5.74) is -1.60. The van der Waals surface area contributed by atoms with E-state index in [9.17, 15) is 33.1 Å². The van der Waals surface area contributed by atoms with Gasteiger partial charge in [0.05, 0.1) is 17.8 Å². The second kappa shape index (κ2) is 8.30. The smallest absolute Gasteiger partial charge is 0.274 e. The first-order chi connectivity index (χ1) is 15.6. The number of likely N-dealkylation sites (N-methyl/N-ethyl adjacent to an activating group) is 1. The highest BCUT2D eigenvalue weighted by molar-refractivity contribution is 6.00. The first kappa shape index (κ1) is 22.4. The van der Waals surface area contributed by atoms with Gasteiger partial charge in [0.15, 0.2) is 11.4 Å². The molecule has 0 saturated carbocycles. The zero-order chi connectivity index (χ0) is 24.0. The number of rotatable bonds is 5.